The summed E-state index contributed by atoms with van der Waals surface area (Å²) in [6.45, 7) is 6.37. The summed E-state index contributed by atoms with van der Waals surface area (Å²) in [5.41, 5.74) is 2.77. The van der Waals surface area contributed by atoms with Crippen LogP contribution in [0.4, 0.5) is 4.79 Å². The molecule has 2 atom stereocenters. The fourth-order valence-electron chi connectivity index (χ4n) is 5.93. The molecule has 0 saturated carbocycles. The number of aryl methyl sites for hydroxylation is 4. The van der Waals surface area contributed by atoms with E-state index < -0.39 is 59.6 Å². The van der Waals surface area contributed by atoms with E-state index in [1.807, 2.05) is 0 Å². The Morgan fingerprint density at radius 1 is 0.553 bits per heavy atom. The monoisotopic (exact) mass is 684 g/mol. The van der Waals surface area contributed by atoms with Crippen LogP contribution in [0, 0.1) is 27.7 Å². The summed E-state index contributed by atoms with van der Waals surface area (Å²) in [4.78, 5) is 15.3. The number of aromatic hydroxyl groups is 4. The first kappa shape index (κ1) is 33.5. The minimum atomic E-state index is -4.91. The van der Waals surface area contributed by atoms with Crippen LogP contribution in [0.3, 0.4) is 0 Å². The molecule has 1 saturated heterocycles. The van der Waals surface area contributed by atoms with Crippen molar-refractivity contribution in [2.45, 2.75) is 49.6 Å². The van der Waals surface area contributed by atoms with Gasteiger partial charge in [-0.3, -0.25) is 18.9 Å². The van der Waals surface area contributed by atoms with Crippen LogP contribution in [0.2, 0.25) is 0 Å². The fourth-order valence-corrected chi connectivity index (χ4v) is 7.13. The lowest BCUT2D eigenvalue weighted by Gasteiger charge is -2.50. The number of carbonyl (C=O) groups is 1. The number of benzene rings is 4. The predicted octanol–water partition coefficient (Wildman–Crippen LogP) is 4.81. The second-order valence-corrected chi connectivity index (χ2v) is 14.4. The Morgan fingerprint density at radius 2 is 0.915 bits per heavy atom. The Kier molecular flexibility index (Phi) is 8.39. The average Bonchev–Trinajstić information content (AvgIpc) is 2.95. The van der Waals surface area contributed by atoms with Gasteiger partial charge in [0.05, 0.1) is 12.1 Å². The van der Waals surface area contributed by atoms with Crippen LogP contribution in [0.15, 0.2) is 70.5 Å². The molecule has 2 amide bonds. The molecule has 1 fully saturated rings. The van der Waals surface area contributed by atoms with Gasteiger partial charge in [0, 0.05) is 11.1 Å². The summed E-state index contributed by atoms with van der Waals surface area (Å²) in [6, 6.07) is 10.5. The topological polar surface area (TPSA) is 213 Å². The summed E-state index contributed by atoms with van der Waals surface area (Å²) in [5.74, 6) is -1.89. The summed E-state index contributed by atoms with van der Waals surface area (Å²) in [6.07, 6.45) is 0. The van der Waals surface area contributed by atoms with E-state index in [4.69, 9.17) is 0 Å². The summed E-state index contributed by atoms with van der Waals surface area (Å²) in [7, 11) is -9.82. The van der Waals surface area contributed by atoms with Crippen molar-refractivity contribution >= 4 is 26.3 Å². The van der Waals surface area contributed by atoms with Gasteiger partial charge in [0.2, 0.25) is 0 Å². The van der Waals surface area contributed by atoms with E-state index in [0.29, 0.717) is 22.3 Å². The number of phenolic OH excluding ortho intramolecular Hbond substituents is 4. The van der Waals surface area contributed by atoms with Gasteiger partial charge in [-0.2, -0.15) is 16.8 Å². The van der Waals surface area contributed by atoms with Crippen molar-refractivity contribution in [2.24, 2.45) is 0 Å². The smallest absolute Gasteiger partial charge is 0.324 e. The SMILES string of the molecule is Cc1ccc(O)c(C(c2cc(S(=O)(=O)O)c(O)cc2C)N2CN(C(c3cc(S(=O)(=O)O)c(O)cc3C)c3cc(C)ccc3O)C2=O)c1. The molecule has 5 rings (SSSR count). The third kappa shape index (κ3) is 6.17. The number of nitrogens with zero attached hydrogens (tertiary/aromatic N) is 2. The van der Waals surface area contributed by atoms with E-state index >= 15 is 0 Å². The number of amides is 2. The standard InChI is InChI=1S/C32H32N2O11S2/c1-16-5-7-24(35)22(9-16)30(20-13-28(46(40,41)42)26(37)11-18(20)3)33-15-34(32(33)39)31(23-10-17(2)6-8-25(23)36)21-14-29(47(43,44)45)27(38)12-19(21)4/h5-14,30-31,35-38H,15H2,1-4H3,(H,40,41,42)(H,43,44,45). The van der Waals surface area contributed by atoms with Crippen molar-refractivity contribution in [1.82, 2.24) is 9.80 Å². The van der Waals surface area contributed by atoms with Gasteiger partial charge in [-0.25, -0.2) is 4.79 Å². The number of hydrogen-bond donors (Lipinski definition) is 6. The molecule has 6 N–H and O–H groups in total. The molecule has 15 heteroatoms. The molecule has 1 aliphatic heterocycles. The van der Waals surface area contributed by atoms with Crippen molar-refractivity contribution in [1.29, 1.82) is 0 Å². The highest BCUT2D eigenvalue weighted by Crippen LogP contribution is 2.47. The first-order valence-corrected chi connectivity index (χ1v) is 17.0. The highest BCUT2D eigenvalue weighted by molar-refractivity contribution is 7.86. The molecular weight excluding hydrogens is 652 g/mol. The number of rotatable bonds is 8. The van der Waals surface area contributed by atoms with E-state index in [1.54, 1.807) is 52.0 Å². The second-order valence-electron chi connectivity index (χ2n) is 11.6. The van der Waals surface area contributed by atoms with Crippen molar-refractivity contribution in [3.05, 3.63) is 105 Å². The zero-order valence-corrected chi connectivity index (χ0v) is 27.2. The first-order valence-electron chi connectivity index (χ1n) is 14.1. The van der Waals surface area contributed by atoms with E-state index in [1.165, 1.54) is 21.9 Å². The van der Waals surface area contributed by atoms with Crippen LogP contribution < -0.4 is 0 Å². The third-order valence-corrected chi connectivity index (χ3v) is 9.98. The molecule has 13 nitrogen and oxygen atoms in total. The van der Waals surface area contributed by atoms with Gasteiger partial charge in [0.1, 0.15) is 39.5 Å². The fraction of sp³-hybridized carbons (Fsp3) is 0.219. The number of urea groups is 1. The molecule has 0 radical (unpaired) electrons. The molecule has 248 valence electrons. The largest absolute Gasteiger partial charge is 0.508 e. The normalized spacial score (nSPS) is 15.0. The maximum Gasteiger partial charge on any atom is 0.324 e. The van der Waals surface area contributed by atoms with Crippen molar-refractivity contribution in [3.8, 4) is 23.0 Å². The van der Waals surface area contributed by atoms with E-state index in [9.17, 15) is 51.2 Å². The quantitative estimate of drug-likeness (QED) is 0.139. The van der Waals surface area contributed by atoms with Crippen LogP contribution in [0.1, 0.15) is 56.6 Å². The summed E-state index contributed by atoms with van der Waals surface area (Å²) in [5, 5.41) is 42.6. The Balaban J connectivity index is 1.71. The third-order valence-electron chi connectivity index (χ3n) is 8.21. The molecule has 2 unspecified atom stereocenters. The summed E-state index contributed by atoms with van der Waals surface area (Å²) < 4.78 is 68.2. The molecule has 1 aliphatic rings. The van der Waals surface area contributed by atoms with Crippen LogP contribution in [0.25, 0.3) is 0 Å². The average molecular weight is 685 g/mol. The molecule has 1 heterocycles. The highest BCUT2D eigenvalue weighted by Gasteiger charge is 2.46. The molecule has 4 aromatic rings. The maximum atomic E-state index is 14.3. The maximum absolute atomic E-state index is 14.3. The first-order chi connectivity index (χ1) is 21.8. The number of carbonyl (C=O) groups excluding carboxylic acids is 1. The van der Waals surface area contributed by atoms with E-state index in [-0.39, 0.29) is 40.4 Å². The minimum Gasteiger partial charge on any atom is -0.508 e. The van der Waals surface area contributed by atoms with Crippen LogP contribution in [-0.4, -0.2) is 68.9 Å². The van der Waals surface area contributed by atoms with Crippen LogP contribution >= 0.6 is 0 Å². The number of hydrogen-bond acceptors (Lipinski definition) is 9. The zero-order valence-electron chi connectivity index (χ0n) is 25.6. The molecular formula is C32H32N2O11S2. The van der Waals surface area contributed by atoms with Gasteiger partial charge in [0.25, 0.3) is 20.2 Å². The molecule has 0 aliphatic carbocycles. The number of phenols is 4. The molecule has 0 spiro atoms. The van der Waals surface area contributed by atoms with Crippen molar-refractivity contribution in [2.75, 3.05) is 6.67 Å². The molecule has 0 aromatic heterocycles. The molecule has 4 aromatic carbocycles. The Hall–Kier alpha value is -4.83. The van der Waals surface area contributed by atoms with Gasteiger partial charge >= 0.3 is 6.03 Å². The minimum absolute atomic E-state index is 0.161. The van der Waals surface area contributed by atoms with Crippen LogP contribution in [0.5, 0.6) is 23.0 Å². The van der Waals surface area contributed by atoms with E-state index in [2.05, 4.69) is 0 Å². The predicted molar refractivity (Wildman–Crippen MR) is 169 cm³/mol. The zero-order chi connectivity index (χ0) is 34.7. The molecule has 47 heavy (non-hydrogen) atoms. The van der Waals surface area contributed by atoms with Gasteiger partial charge in [0.15, 0.2) is 0 Å². The van der Waals surface area contributed by atoms with Crippen molar-refractivity contribution in [3.63, 3.8) is 0 Å². The Morgan fingerprint density at radius 3 is 1.23 bits per heavy atom. The lowest BCUT2D eigenvalue weighted by molar-refractivity contribution is 0.0255. The van der Waals surface area contributed by atoms with Gasteiger partial charge in [-0.15, -0.1) is 0 Å². The lowest BCUT2D eigenvalue weighted by Crippen LogP contribution is -2.61. The Labute approximate surface area is 271 Å². The second kappa shape index (κ2) is 11.8. The molecule has 0 bridgehead atoms. The van der Waals surface area contributed by atoms with Crippen LogP contribution in [-0.2, 0) is 20.2 Å². The Bertz CT molecular complexity index is 2020. The van der Waals surface area contributed by atoms with E-state index in [0.717, 1.165) is 24.3 Å². The van der Waals surface area contributed by atoms with Gasteiger partial charge in [-0.05, 0) is 98.5 Å². The highest BCUT2D eigenvalue weighted by atomic mass is 32.2. The van der Waals surface area contributed by atoms with Gasteiger partial charge in [-0.1, -0.05) is 23.3 Å². The lowest BCUT2D eigenvalue weighted by atomic mass is 9.89. The van der Waals surface area contributed by atoms with Gasteiger partial charge < -0.3 is 20.4 Å². The van der Waals surface area contributed by atoms with Crippen molar-refractivity contribution < 1.29 is 51.2 Å². The summed E-state index contributed by atoms with van der Waals surface area (Å²) >= 11 is 0.